The maximum atomic E-state index is 14.0. The molecule has 1 fully saturated rings. The Hall–Kier alpha value is -3.48. The lowest BCUT2D eigenvalue weighted by molar-refractivity contribution is -0.0102. The number of alkyl halides is 4. The van der Waals surface area contributed by atoms with Crippen LogP contribution in [0.2, 0.25) is 0 Å². The van der Waals surface area contributed by atoms with Gasteiger partial charge in [0.15, 0.2) is 0 Å². The minimum atomic E-state index is -3.04. The van der Waals surface area contributed by atoms with E-state index >= 15 is 0 Å². The Bertz CT molecular complexity index is 1420. The van der Waals surface area contributed by atoms with Crippen molar-refractivity contribution in [1.82, 2.24) is 14.8 Å². The van der Waals surface area contributed by atoms with Crippen LogP contribution in [0.25, 0.3) is 11.1 Å². The molecule has 1 atom stereocenters. The van der Waals surface area contributed by atoms with Crippen LogP contribution in [0.1, 0.15) is 41.7 Å². The summed E-state index contributed by atoms with van der Waals surface area (Å²) < 4.78 is 74.7. The second kappa shape index (κ2) is 10.1. The number of carbonyl (C=O) groups is 1. The molecule has 3 aromatic rings. The molecule has 0 bridgehead atoms. The lowest BCUT2D eigenvalue weighted by Crippen LogP contribution is -2.30. The molecule has 0 aliphatic carbocycles. The molecule has 3 heterocycles. The normalized spacial score (nSPS) is 17.3. The van der Waals surface area contributed by atoms with Crippen molar-refractivity contribution in [3.63, 3.8) is 0 Å². The summed E-state index contributed by atoms with van der Waals surface area (Å²) in [5.41, 5.74) is 1.49. The predicted octanol–water partition coefficient (Wildman–Crippen LogP) is 5.56. The van der Waals surface area contributed by atoms with E-state index in [4.69, 9.17) is 4.78 Å². The summed E-state index contributed by atoms with van der Waals surface area (Å²) >= 11 is 0. The molecule has 2 N–H and O–H groups in total. The number of nitrogens with zero attached hydrogens (tertiary/aromatic N) is 4. The van der Waals surface area contributed by atoms with E-state index in [1.807, 2.05) is 0 Å². The Morgan fingerprint density at radius 2 is 1.97 bits per heavy atom. The molecule has 8 nitrogen and oxygen atoms in total. The Morgan fingerprint density at radius 1 is 1.22 bits per heavy atom. The monoisotopic (exact) mass is 538 g/mol. The maximum absolute atomic E-state index is 14.0. The van der Waals surface area contributed by atoms with E-state index < -0.39 is 34.5 Å². The Kier molecular flexibility index (Phi) is 7.27. The fourth-order valence-corrected chi connectivity index (χ4v) is 4.95. The van der Waals surface area contributed by atoms with Gasteiger partial charge in [0, 0.05) is 66.3 Å². The molecule has 1 amide bonds. The van der Waals surface area contributed by atoms with Gasteiger partial charge in [-0.05, 0) is 37.1 Å². The third-order valence-corrected chi connectivity index (χ3v) is 7.37. The summed E-state index contributed by atoms with van der Waals surface area (Å²) in [6.45, 7) is -0.979. The van der Waals surface area contributed by atoms with Gasteiger partial charge in [0.25, 0.3) is 5.91 Å². The van der Waals surface area contributed by atoms with Crippen molar-refractivity contribution in [2.45, 2.75) is 43.6 Å². The number of nitrogens with one attached hydrogen (secondary N) is 2. The van der Waals surface area contributed by atoms with Gasteiger partial charge >= 0.3 is 6.55 Å². The van der Waals surface area contributed by atoms with Crippen LogP contribution >= 0.6 is 0 Å². The zero-order valence-electron chi connectivity index (χ0n) is 20.2. The van der Waals surface area contributed by atoms with Gasteiger partial charge < -0.3 is 10.2 Å². The number of amides is 1. The van der Waals surface area contributed by atoms with Gasteiger partial charge in [-0.3, -0.25) is 4.79 Å². The number of aromatic nitrogens is 3. The molecule has 1 saturated heterocycles. The zero-order chi connectivity index (χ0) is 27.0. The van der Waals surface area contributed by atoms with E-state index in [0.717, 1.165) is 6.20 Å². The summed E-state index contributed by atoms with van der Waals surface area (Å²) in [4.78, 5) is 19.9. The molecule has 13 heteroatoms. The highest BCUT2D eigenvalue weighted by Crippen LogP contribution is 2.35. The number of hydrogen-bond donors (Lipinski definition) is 2. The lowest BCUT2D eigenvalue weighted by atomic mass is 9.99. The van der Waals surface area contributed by atoms with Crippen molar-refractivity contribution in [2.24, 2.45) is 0 Å². The van der Waals surface area contributed by atoms with Crippen molar-refractivity contribution in [3.8, 4) is 11.1 Å². The van der Waals surface area contributed by atoms with E-state index in [1.165, 1.54) is 30.8 Å². The molecule has 2 aromatic heterocycles. The second-order valence-electron chi connectivity index (χ2n) is 9.00. The summed E-state index contributed by atoms with van der Waals surface area (Å²) in [5.74, 6) is -3.22. The highest BCUT2D eigenvalue weighted by molar-refractivity contribution is 7.91. The van der Waals surface area contributed by atoms with Crippen LogP contribution in [0.15, 0.2) is 47.8 Å². The minimum absolute atomic E-state index is 0.0192. The first-order valence-electron chi connectivity index (χ1n) is 11.5. The van der Waals surface area contributed by atoms with Crippen LogP contribution in [0.5, 0.6) is 0 Å². The summed E-state index contributed by atoms with van der Waals surface area (Å²) in [6, 6.07) is 6.07. The number of benzene rings is 1. The number of halogens is 4. The molecular weight excluding hydrogens is 512 g/mol. The topological polar surface area (TPSA) is 104 Å². The van der Waals surface area contributed by atoms with E-state index in [9.17, 15) is 26.6 Å². The fraction of sp³-hybridized carbons (Fsp3) is 0.375. The van der Waals surface area contributed by atoms with E-state index in [2.05, 4.69) is 15.4 Å². The molecule has 0 saturated carbocycles. The van der Waals surface area contributed by atoms with Crippen molar-refractivity contribution in [3.05, 3.63) is 54.0 Å². The quantitative estimate of drug-likeness (QED) is 0.400. The molecule has 1 unspecified atom stereocenters. The van der Waals surface area contributed by atoms with Crippen LogP contribution in [-0.2, 0) is 9.73 Å². The molecule has 37 heavy (non-hydrogen) atoms. The van der Waals surface area contributed by atoms with Crippen LogP contribution in [0.4, 0.5) is 29.1 Å². The van der Waals surface area contributed by atoms with Crippen molar-refractivity contribution >= 4 is 27.1 Å². The van der Waals surface area contributed by atoms with Gasteiger partial charge in [-0.2, -0.15) is 13.9 Å². The minimum Gasteiger partial charge on any atom is -0.356 e. The Labute approximate surface area is 211 Å². The van der Waals surface area contributed by atoms with E-state index in [-0.39, 0.29) is 47.9 Å². The zero-order valence-corrected chi connectivity index (χ0v) is 21.0. The first-order valence-corrected chi connectivity index (χ1v) is 13.4. The molecule has 4 rings (SSSR count). The third-order valence-electron chi connectivity index (χ3n) is 6.22. The first-order chi connectivity index (χ1) is 17.4. The summed E-state index contributed by atoms with van der Waals surface area (Å²) in [5, 5.41) is 6.37. The van der Waals surface area contributed by atoms with Gasteiger partial charge in [-0.1, -0.05) is 6.07 Å². The number of anilines is 2. The average molecular weight is 539 g/mol. The summed E-state index contributed by atoms with van der Waals surface area (Å²) in [7, 11) is -3.04. The van der Waals surface area contributed by atoms with Gasteiger partial charge in [-0.15, -0.1) is 0 Å². The number of pyridine rings is 1. The fourth-order valence-electron chi connectivity index (χ4n) is 4.26. The lowest BCUT2D eigenvalue weighted by Gasteiger charge is -2.26. The van der Waals surface area contributed by atoms with Gasteiger partial charge in [0.2, 0.25) is 5.92 Å². The number of hydrogen-bond acceptors (Lipinski definition) is 6. The van der Waals surface area contributed by atoms with Gasteiger partial charge in [0.05, 0.1) is 21.5 Å². The molecule has 1 aromatic carbocycles. The molecular formula is C24H26F4N6O2S. The van der Waals surface area contributed by atoms with Crippen LogP contribution in [0.3, 0.4) is 0 Å². The largest absolute Gasteiger partial charge is 0.356 e. The van der Waals surface area contributed by atoms with Crippen LogP contribution in [-0.4, -0.2) is 50.1 Å². The second-order valence-corrected chi connectivity index (χ2v) is 11.2. The van der Waals surface area contributed by atoms with Crippen LogP contribution < -0.4 is 10.2 Å². The highest BCUT2D eigenvalue weighted by atomic mass is 32.2. The smallest absolute Gasteiger partial charge is 0.333 e. The molecule has 0 spiro atoms. The highest BCUT2D eigenvalue weighted by Gasteiger charge is 2.33. The SMILES string of the molecule is Cc1c(-c2cnn(C(F)F)c2)cnc(N2CCCC(F)(F)CC2)c1C(=O)Nc1cccc(S(C)(=N)=O)c1. The number of rotatable bonds is 6. The molecule has 1 aliphatic rings. The third kappa shape index (κ3) is 5.92. The summed E-state index contributed by atoms with van der Waals surface area (Å²) in [6.07, 6.45) is 4.59. The van der Waals surface area contributed by atoms with E-state index in [0.29, 0.717) is 21.4 Å². The number of carbonyl (C=O) groups excluding carboxylic acids is 1. The standard InChI is InChI=1S/C24H26F4N6O2S/c1-15-19(16-12-31-34(14-16)23(25)26)13-30-21(33-9-4-7-24(27,28)8-10-33)20(15)22(35)32-17-5-3-6-18(11-17)37(2,29)36/h3,5-6,11-14,23,29H,4,7-10H2,1-2H3,(H,32,35). The van der Waals surface area contributed by atoms with Crippen LogP contribution in [0, 0.1) is 11.7 Å². The maximum Gasteiger partial charge on any atom is 0.333 e. The van der Waals surface area contributed by atoms with E-state index in [1.54, 1.807) is 24.0 Å². The van der Waals surface area contributed by atoms with Crippen molar-refractivity contribution in [1.29, 1.82) is 4.78 Å². The van der Waals surface area contributed by atoms with Gasteiger partial charge in [-0.25, -0.2) is 27.4 Å². The Balaban J connectivity index is 1.78. The van der Waals surface area contributed by atoms with Crippen molar-refractivity contribution in [2.75, 3.05) is 29.6 Å². The predicted molar refractivity (Wildman–Crippen MR) is 132 cm³/mol. The van der Waals surface area contributed by atoms with Gasteiger partial charge in [0.1, 0.15) is 5.82 Å². The molecule has 198 valence electrons. The molecule has 1 aliphatic heterocycles. The van der Waals surface area contributed by atoms with Crippen molar-refractivity contribution < 1.29 is 26.6 Å². The Morgan fingerprint density at radius 3 is 2.65 bits per heavy atom. The molecule has 0 radical (unpaired) electrons. The average Bonchev–Trinajstić information content (AvgIpc) is 3.23. The first kappa shape index (κ1) is 26.6.